The minimum absolute atomic E-state index is 0. The molecule has 0 aliphatic heterocycles. The van der Waals surface area contributed by atoms with Crippen LogP contribution in [0.15, 0.2) is 24.3 Å². The van der Waals surface area contributed by atoms with E-state index >= 15 is 0 Å². The van der Waals surface area contributed by atoms with Crippen LogP contribution in [0.1, 0.15) is 18.4 Å². The van der Waals surface area contributed by atoms with E-state index in [1.807, 2.05) is 13.0 Å². The standard InChI is InChI=1S/C9H12FN.ClH/c1-7(6-11)8-4-2-3-5-9(8)10;/h2-5,7H,6,11H2,1H3;1H/t7-;/m0./s1. The molecule has 0 saturated carbocycles. The number of rotatable bonds is 2. The van der Waals surface area contributed by atoms with Gasteiger partial charge in [-0.05, 0) is 24.1 Å². The van der Waals surface area contributed by atoms with Crippen molar-refractivity contribution in [2.24, 2.45) is 5.73 Å². The third-order valence-corrected chi connectivity index (χ3v) is 1.79. The Balaban J connectivity index is 0.00000121. The average Bonchev–Trinajstić information content (AvgIpc) is 2.04. The van der Waals surface area contributed by atoms with Gasteiger partial charge in [0.1, 0.15) is 5.82 Å². The quantitative estimate of drug-likeness (QED) is 0.759. The molecule has 0 radical (unpaired) electrons. The highest BCUT2D eigenvalue weighted by molar-refractivity contribution is 5.85. The Hall–Kier alpha value is -0.600. The van der Waals surface area contributed by atoms with Crippen LogP contribution in [0.3, 0.4) is 0 Å². The lowest BCUT2D eigenvalue weighted by Gasteiger charge is -2.08. The zero-order valence-electron chi connectivity index (χ0n) is 6.96. The molecule has 1 aromatic rings. The van der Waals surface area contributed by atoms with E-state index in [0.717, 1.165) is 0 Å². The molecule has 0 fully saturated rings. The van der Waals surface area contributed by atoms with Crippen molar-refractivity contribution in [2.75, 3.05) is 6.54 Å². The highest BCUT2D eigenvalue weighted by Crippen LogP contribution is 2.16. The topological polar surface area (TPSA) is 26.0 Å². The second-order valence-electron chi connectivity index (χ2n) is 2.66. The van der Waals surface area contributed by atoms with Gasteiger partial charge in [0, 0.05) is 0 Å². The normalized spacial score (nSPS) is 11.9. The predicted molar refractivity (Wildman–Crippen MR) is 51.1 cm³/mol. The smallest absolute Gasteiger partial charge is 0.126 e. The first-order chi connectivity index (χ1) is 5.25. The first-order valence-corrected chi connectivity index (χ1v) is 3.70. The maximum Gasteiger partial charge on any atom is 0.126 e. The van der Waals surface area contributed by atoms with Crippen LogP contribution in [-0.2, 0) is 0 Å². The zero-order valence-corrected chi connectivity index (χ0v) is 7.77. The van der Waals surface area contributed by atoms with Gasteiger partial charge in [0.05, 0.1) is 0 Å². The minimum atomic E-state index is -0.162. The summed E-state index contributed by atoms with van der Waals surface area (Å²) in [6, 6.07) is 6.74. The summed E-state index contributed by atoms with van der Waals surface area (Å²) < 4.78 is 13.0. The van der Waals surface area contributed by atoms with E-state index in [9.17, 15) is 4.39 Å². The summed E-state index contributed by atoms with van der Waals surface area (Å²) in [6.07, 6.45) is 0. The number of nitrogens with two attached hydrogens (primary N) is 1. The Labute approximate surface area is 78.2 Å². The SMILES string of the molecule is C[C@@H](CN)c1ccccc1F.Cl. The molecule has 1 aromatic carbocycles. The van der Waals surface area contributed by atoms with Crippen LogP contribution in [0, 0.1) is 5.82 Å². The van der Waals surface area contributed by atoms with E-state index in [2.05, 4.69) is 0 Å². The van der Waals surface area contributed by atoms with Crippen molar-refractivity contribution in [1.82, 2.24) is 0 Å². The molecular formula is C9H13ClFN. The lowest BCUT2D eigenvalue weighted by Crippen LogP contribution is -2.10. The van der Waals surface area contributed by atoms with Gasteiger partial charge in [-0.1, -0.05) is 25.1 Å². The number of halogens is 2. The van der Waals surface area contributed by atoms with Crippen LogP contribution in [0.25, 0.3) is 0 Å². The third kappa shape index (κ3) is 2.47. The molecule has 0 aliphatic rings. The molecule has 68 valence electrons. The van der Waals surface area contributed by atoms with E-state index in [1.165, 1.54) is 6.07 Å². The number of benzene rings is 1. The van der Waals surface area contributed by atoms with Crippen LogP contribution in [-0.4, -0.2) is 6.54 Å². The Morgan fingerprint density at radius 1 is 1.42 bits per heavy atom. The molecule has 0 heterocycles. The van der Waals surface area contributed by atoms with E-state index in [0.29, 0.717) is 12.1 Å². The van der Waals surface area contributed by atoms with Crippen LogP contribution >= 0.6 is 12.4 Å². The van der Waals surface area contributed by atoms with E-state index in [4.69, 9.17) is 5.73 Å². The summed E-state index contributed by atoms with van der Waals surface area (Å²) in [6.45, 7) is 2.40. The molecule has 1 atom stereocenters. The summed E-state index contributed by atoms with van der Waals surface area (Å²) >= 11 is 0. The summed E-state index contributed by atoms with van der Waals surface area (Å²) in [5, 5.41) is 0. The highest BCUT2D eigenvalue weighted by atomic mass is 35.5. The number of hydrogen-bond acceptors (Lipinski definition) is 1. The molecule has 0 bridgehead atoms. The molecule has 0 saturated heterocycles. The van der Waals surface area contributed by atoms with Crippen LogP contribution in [0.5, 0.6) is 0 Å². The minimum Gasteiger partial charge on any atom is -0.330 e. The molecule has 1 rings (SSSR count). The van der Waals surface area contributed by atoms with Gasteiger partial charge in [-0.15, -0.1) is 12.4 Å². The van der Waals surface area contributed by atoms with Crippen molar-refractivity contribution in [3.63, 3.8) is 0 Å². The molecule has 1 nitrogen and oxygen atoms in total. The Morgan fingerprint density at radius 3 is 2.50 bits per heavy atom. The summed E-state index contributed by atoms with van der Waals surface area (Å²) in [5.41, 5.74) is 6.11. The van der Waals surface area contributed by atoms with Gasteiger partial charge in [-0.25, -0.2) is 4.39 Å². The van der Waals surface area contributed by atoms with Crippen molar-refractivity contribution in [2.45, 2.75) is 12.8 Å². The fourth-order valence-corrected chi connectivity index (χ4v) is 1.00. The Morgan fingerprint density at radius 2 is 2.00 bits per heavy atom. The van der Waals surface area contributed by atoms with Crippen LogP contribution < -0.4 is 5.73 Å². The molecule has 0 unspecified atom stereocenters. The second-order valence-corrected chi connectivity index (χ2v) is 2.66. The largest absolute Gasteiger partial charge is 0.330 e. The fraction of sp³-hybridized carbons (Fsp3) is 0.333. The highest BCUT2D eigenvalue weighted by Gasteiger charge is 2.06. The van der Waals surface area contributed by atoms with Crippen LogP contribution in [0.4, 0.5) is 4.39 Å². The molecule has 0 aliphatic carbocycles. The third-order valence-electron chi connectivity index (χ3n) is 1.79. The first-order valence-electron chi connectivity index (χ1n) is 3.70. The summed E-state index contributed by atoms with van der Waals surface area (Å²) in [7, 11) is 0. The predicted octanol–water partition coefficient (Wildman–Crippen LogP) is 2.31. The molecule has 12 heavy (non-hydrogen) atoms. The maximum absolute atomic E-state index is 13.0. The van der Waals surface area contributed by atoms with Crippen molar-refractivity contribution in [1.29, 1.82) is 0 Å². The van der Waals surface area contributed by atoms with Crippen molar-refractivity contribution < 1.29 is 4.39 Å². The lowest BCUT2D eigenvalue weighted by atomic mass is 10.0. The first kappa shape index (κ1) is 11.4. The van der Waals surface area contributed by atoms with Gasteiger partial charge in [-0.3, -0.25) is 0 Å². The van der Waals surface area contributed by atoms with E-state index < -0.39 is 0 Å². The van der Waals surface area contributed by atoms with Gasteiger partial charge < -0.3 is 5.73 Å². The molecule has 0 spiro atoms. The fourth-order valence-electron chi connectivity index (χ4n) is 1.00. The summed E-state index contributed by atoms with van der Waals surface area (Å²) in [5.74, 6) is -0.0540. The van der Waals surface area contributed by atoms with E-state index in [1.54, 1.807) is 12.1 Å². The van der Waals surface area contributed by atoms with Gasteiger partial charge in [0.25, 0.3) is 0 Å². The van der Waals surface area contributed by atoms with Crippen LogP contribution in [0.2, 0.25) is 0 Å². The Kier molecular flexibility index (Phi) is 4.86. The Bertz CT molecular complexity index is 240. The summed E-state index contributed by atoms with van der Waals surface area (Å²) in [4.78, 5) is 0. The number of hydrogen-bond donors (Lipinski definition) is 1. The van der Waals surface area contributed by atoms with Crippen molar-refractivity contribution in [3.8, 4) is 0 Å². The molecule has 0 amide bonds. The molecule has 3 heteroatoms. The lowest BCUT2D eigenvalue weighted by molar-refractivity contribution is 0.590. The second kappa shape index (κ2) is 5.12. The zero-order chi connectivity index (χ0) is 8.27. The van der Waals surface area contributed by atoms with Crippen molar-refractivity contribution in [3.05, 3.63) is 35.6 Å². The van der Waals surface area contributed by atoms with Gasteiger partial charge >= 0.3 is 0 Å². The molecule has 2 N–H and O–H groups in total. The molecular weight excluding hydrogens is 177 g/mol. The van der Waals surface area contributed by atoms with Gasteiger partial charge in [0.15, 0.2) is 0 Å². The monoisotopic (exact) mass is 189 g/mol. The average molecular weight is 190 g/mol. The maximum atomic E-state index is 13.0. The van der Waals surface area contributed by atoms with Gasteiger partial charge in [-0.2, -0.15) is 0 Å². The van der Waals surface area contributed by atoms with E-state index in [-0.39, 0.29) is 24.1 Å². The van der Waals surface area contributed by atoms with Crippen molar-refractivity contribution >= 4 is 12.4 Å². The van der Waals surface area contributed by atoms with Gasteiger partial charge in [0.2, 0.25) is 0 Å². The molecule has 0 aromatic heterocycles.